The summed E-state index contributed by atoms with van der Waals surface area (Å²) in [6.45, 7) is 3.00. The summed E-state index contributed by atoms with van der Waals surface area (Å²) in [6, 6.07) is 15.6. The molecule has 0 fully saturated rings. The quantitative estimate of drug-likeness (QED) is 0.702. The van der Waals surface area contributed by atoms with E-state index < -0.39 is 0 Å². The van der Waals surface area contributed by atoms with Crippen molar-refractivity contribution >= 4 is 0 Å². The first-order valence-electron chi connectivity index (χ1n) is 10.2. The lowest BCUT2D eigenvalue weighted by Gasteiger charge is -2.26. The lowest BCUT2D eigenvalue weighted by Crippen LogP contribution is -2.17. The molecule has 2 unspecified atom stereocenters. The third kappa shape index (κ3) is 4.67. The highest BCUT2D eigenvalue weighted by atomic mass is 16.5. The van der Waals surface area contributed by atoms with Crippen LogP contribution in [0, 0.1) is 5.92 Å². The van der Waals surface area contributed by atoms with E-state index in [-0.39, 0.29) is 0 Å². The fraction of sp³-hybridized carbons (Fsp3) is 0.500. The molecule has 2 aromatic rings. The third-order valence-electron chi connectivity index (χ3n) is 5.93. The average molecular weight is 352 g/mol. The zero-order valence-electron chi connectivity index (χ0n) is 16.3. The first-order valence-corrected chi connectivity index (χ1v) is 10.2. The minimum Gasteiger partial charge on any atom is -0.497 e. The number of hydrogen-bond donors (Lipinski definition) is 1. The predicted octanol–water partition coefficient (Wildman–Crippen LogP) is 5.28. The number of rotatable bonds is 8. The molecule has 0 spiro atoms. The summed E-state index contributed by atoms with van der Waals surface area (Å²) in [5.74, 6) is 2.28. The lowest BCUT2D eigenvalue weighted by molar-refractivity contribution is 0.411. The van der Waals surface area contributed by atoms with Crippen molar-refractivity contribution < 1.29 is 4.74 Å². The van der Waals surface area contributed by atoms with Crippen molar-refractivity contribution in [3.05, 3.63) is 64.7 Å². The molecule has 0 bridgehead atoms. The van der Waals surface area contributed by atoms with E-state index >= 15 is 0 Å². The van der Waals surface area contributed by atoms with E-state index in [1.807, 2.05) is 6.07 Å². The second-order valence-electron chi connectivity index (χ2n) is 7.75. The van der Waals surface area contributed by atoms with Gasteiger partial charge in [0.2, 0.25) is 0 Å². The van der Waals surface area contributed by atoms with Gasteiger partial charge in [-0.3, -0.25) is 0 Å². The van der Waals surface area contributed by atoms with Crippen molar-refractivity contribution in [1.29, 1.82) is 0 Å². The second-order valence-corrected chi connectivity index (χ2v) is 7.75. The highest BCUT2D eigenvalue weighted by Gasteiger charge is 2.20. The zero-order valence-corrected chi connectivity index (χ0v) is 16.3. The van der Waals surface area contributed by atoms with E-state index in [4.69, 9.17) is 10.5 Å². The smallest absolute Gasteiger partial charge is 0.119 e. The maximum absolute atomic E-state index is 6.00. The molecule has 2 aromatic carbocycles. The van der Waals surface area contributed by atoms with Crippen LogP contribution in [0.5, 0.6) is 5.75 Å². The minimum atomic E-state index is 0.524. The average Bonchev–Trinajstić information content (AvgIpc) is 2.70. The van der Waals surface area contributed by atoms with E-state index in [9.17, 15) is 0 Å². The molecule has 0 saturated heterocycles. The Labute approximate surface area is 158 Å². The van der Waals surface area contributed by atoms with Crippen molar-refractivity contribution in [3.63, 3.8) is 0 Å². The Kier molecular flexibility index (Phi) is 6.73. The molecule has 26 heavy (non-hydrogen) atoms. The van der Waals surface area contributed by atoms with Crippen molar-refractivity contribution in [2.45, 2.75) is 57.8 Å². The monoisotopic (exact) mass is 351 g/mol. The van der Waals surface area contributed by atoms with Gasteiger partial charge in [0.05, 0.1) is 7.11 Å². The molecule has 2 N–H and O–H groups in total. The molecule has 0 saturated carbocycles. The molecule has 0 aliphatic heterocycles. The summed E-state index contributed by atoms with van der Waals surface area (Å²) >= 11 is 0. The molecule has 3 rings (SSSR count). The highest BCUT2D eigenvalue weighted by Crippen LogP contribution is 2.31. The molecule has 1 aliphatic rings. The van der Waals surface area contributed by atoms with Crippen molar-refractivity contribution in [2.75, 3.05) is 13.7 Å². The Morgan fingerprint density at radius 2 is 2.04 bits per heavy atom. The number of benzene rings is 2. The molecular weight excluding hydrogens is 318 g/mol. The molecule has 0 aromatic heterocycles. The van der Waals surface area contributed by atoms with Crippen molar-refractivity contribution in [2.24, 2.45) is 11.7 Å². The maximum Gasteiger partial charge on any atom is 0.119 e. The molecule has 2 atom stereocenters. The molecule has 2 heteroatoms. The van der Waals surface area contributed by atoms with Gasteiger partial charge in [-0.25, -0.2) is 0 Å². The topological polar surface area (TPSA) is 35.2 Å². The Balaban J connectivity index is 1.60. The number of aryl methyl sites for hydroxylation is 2. The van der Waals surface area contributed by atoms with Crippen molar-refractivity contribution in [1.82, 2.24) is 0 Å². The Hall–Kier alpha value is -1.80. The molecule has 1 aliphatic carbocycles. The number of ether oxygens (including phenoxy) is 1. The van der Waals surface area contributed by atoms with E-state index in [1.165, 1.54) is 49.7 Å². The van der Waals surface area contributed by atoms with E-state index in [1.54, 1.807) is 18.2 Å². The molecule has 0 amide bonds. The van der Waals surface area contributed by atoms with Crippen LogP contribution in [0.2, 0.25) is 0 Å². The molecular formula is C24H33NO. The fourth-order valence-electron chi connectivity index (χ4n) is 4.32. The van der Waals surface area contributed by atoms with Gasteiger partial charge < -0.3 is 10.5 Å². The summed E-state index contributed by atoms with van der Waals surface area (Å²) < 4.78 is 5.34. The van der Waals surface area contributed by atoms with Crippen LogP contribution in [0.25, 0.3) is 0 Å². The highest BCUT2D eigenvalue weighted by molar-refractivity contribution is 5.36. The Bertz CT molecular complexity index is 709. The van der Waals surface area contributed by atoms with Gasteiger partial charge in [0.1, 0.15) is 5.75 Å². The van der Waals surface area contributed by atoms with Gasteiger partial charge in [-0.05, 0) is 91.3 Å². The van der Waals surface area contributed by atoms with E-state index in [0.29, 0.717) is 5.92 Å². The first kappa shape index (κ1) is 19.0. The van der Waals surface area contributed by atoms with Gasteiger partial charge >= 0.3 is 0 Å². The van der Waals surface area contributed by atoms with Crippen LogP contribution in [0.1, 0.15) is 60.8 Å². The van der Waals surface area contributed by atoms with Crippen LogP contribution >= 0.6 is 0 Å². The van der Waals surface area contributed by atoms with E-state index in [2.05, 4.69) is 43.3 Å². The summed E-state index contributed by atoms with van der Waals surface area (Å²) in [4.78, 5) is 0. The normalized spacial score (nSPS) is 17.6. The number of methoxy groups -OCH3 is 1. The molecule has 2 nitrogen and oxygen atoms in total. The predicted molar refractivity (Wildman–Crippen MR) is 110 cm³/mol. The van der Waals surface area contributed by atoms with Gasteiger partial charge in [-0.15, -0.1) is 0 Å². The number of nitrogens with two attached hydrogens (primary N) is 1. The van der Waals surface area contributed by atoms with Crippen LogP contribution in [-0.2, 0) is 19.3 Å². The van der Waals surface area contributed by atoms with Crippen LogP contribution < -0.4 is 10.5 Å². The first-order chi connectivity index (χ1) is 12.7. The molecule has 0 heterocycles. The van der Waals surface area contributed by atoms with Gasteiger partial charge in [-0.2, -0.15) is 0 Å². The fourth-order valence-corrected chi connectivity index (χ4v) is 4.32. The largest absolute Gasteiger partial charge is 0.497 e. The summed E-state index contributed by atoms with van der Waals surface area (Å²) in [7, 11) is 1.74. The molecule has 0 radical (unpaired) electrons. The van der Waals surface area contributed by atoms with Crippen LogP contribution in [0.15, 0.2) is 42.5 Å². The Morgan fingerprint density at radius 1 is 1.15 bits per heavy atom. The van der Waals surface area contributed by atoms with Crippen LogP contribution in [0.4, 0.5) is 0 Å². The zero-order chi connectivity index (χ0) is 18.4. The van der Waals surface area contributed by atoms with Crippen LogP contribution in [0.3, 0.4) is 0 Å². The second kappa shape index (κ2) is 9.23. The Morgan fingerprint density at radius 3 is 2.81 bits per heavy atom. The maximum atomic E-state index is 6.00. The van der Waals surface area contributed by atoms with Gasteiger partial charge in [0.15, 0.2) is 0 Å². The van der Waals surface area contributed by atoms with Crippen LogP contribution in [-0.4, -0.2) is 13.7 Å². The number of hydrogen-bond acceptors (Lipinski definition) is 2. The van der Waals surface area contributed by atoms with Gasteiger partial charge in [-0.1, -0.05) is 43.7 Å². The van der Waals surface area contributed by atoms with Gasteiger partial charge in [0, 0.05) is 0 Å². The summed E-state index contributed by atoms with van der Waals surface area (Å²) in [5.41, 5.74) is 12.0. The summed E-state index contributed by atoms with van der Waals surface area (Å²) in [5, 5.41) is 0. The molecule has 140 valence electrons. The number of fused-ring (bicyclic) bond motifs is 1. The summed E-state index contributed by atoms with van der Waals surface area (Å²) in [6.07, 6.45) is 8.54. The standard InChI is InChI=1S/C24H33NO/c1-3-5-23(17-25)22-13-12-20-14-19(10-11-21(20)16-22)9-8-18-6-4-7-24(15-18)26-2/h4,6-7,12-13,15-16,19,23H,3,5,8-11,14,17,25H2,1-2H3. The minimum absolute atomic E-state index is 0.524. The van der Waals surface area contributed by atoms with Crippen molar-refractivity contribution in [3.8, 4) is 5.75 Å². The van der Waals surface area contributed by atoms with E-state index in [0.717, 1.165) is 24.6 Å². The van der Waals surface area contributed by atoms with Gasteiger partial charge in [0.25, 0.3) is 0 Å². The lowest BCUT2D eigenvalue weighted by atomic mass is 9.79. The SMILES string of the molecule is CCCC(CN)c1ccc2c(c1)CCC(CCc1cccc(OC)c1)C2. The third-order valence-corrected chi connectivity index (χ3v) is 5.93.